The fourth-order valence-electron chi connectivity index (χ4n) is 3.28. The van der Waals surface area contributed by atoms with Crippen LogP contribution in [0, 0.1) is 0 Å². The number of nitrogens with one attached hydrogen (secondary N) is 1. The molecule has 0 aromatic heterocycles. The van der Waals surface area contributed by atoms with Crippen molar-refractivity contribution in [3.8, 4) is 11.5 Å². The molecule has 0 saturated carbocycles. The summed E-state index contributed by atoms with van der Waals surface area (Å²) in [4.78, 5) is 25.8. The van der Waals surface area contributed by atoms with E-state index in [-0.39, 0.29) is 18.1 Å². The number of rotatable bonds is 7. The Hall–Kier alpha value is -3.22. The van der Waals surface area contributed by atoms with Gasteiger partial charge in [-0.1, -0.05) is 25.1 Å². The van der Waals surface area contributed by atoms with Crippen molar-refractivity contribution < 1.29 is 24.2 Å². The van der Waals surface area contributed by atoms with E-state index in [4.69, 9.17) is 14.6 Å². The van der Waals surface area contributed by atoms with Crippen LogP contribution in [0.2, 0.25) is 0 Å². The van der Waals surface area contributed by atoms with Gasteiger partial charge in [0.15, 0.2) is 18.1 Å². The van der Waals surface area contributed by atoms with E-state index in [0.29, 0.717) is 17.1 Å². The molecule has 1 amide bonds. The number of amides is 1. The van der Waals surface area contributed by atoms with Gasteiger partial charge in [-0.2, -0.15) is 0 Å². The number of nitrogens with zero attached hydrogens (tertiary/aromatic N) is 1. The van der Waals surface area contributed by atoms with Crippen LogP contribution >= 0.6 is 0 Å². The van der Waals surface area contributed by atoms with Crippen LogP contribution in [0.3, 0.4) is 0 Å². The predicted octanol–water partition coefficient (Wildman–Crippen LogP) is 3.52. The van der Waals surface area contributed by atoms with E-state index >= 15 is 0 Å². The maximum absolute atomic E-state index is 13.2. The maximum atomic E-state index is 13.2. The minimum absolute atomic E-state index is 0.0206. The first-order valence-corrected chi connectivity index (χ1v) is 9.17. The molecule has 1 aliphatic rings. The molecule has 148 valence electrons. The third kappa shape index (κ3) is 3.74. The predicted molar refractivity (Wildman–Crippen MR) is 105 cm³/mol. The second kappa shape index (κ2) is 8.21. The molecule has 0 radical (unpaired) electrons. The Labute approximate surface area is 163 Å². The number of anilines is 1. The molecule has 2 atom stereocenters. The summed E-state index contributed by atoms with van der Waals surface area (Å²) in [6, 6.07) is 12.7. The molecule has 0 unspecified atom stereocenters. The van der Waals surface area contributed by atoms with Crippen LogP contribution in [0.1, 0.15) is 42.4 Å². The number of carboxylic acids is 1. The zero-order valence-corrected chi connectivity index (χ0v) is 16.1. The Bertz CT molecular complexity index is 883. The summed E-state index contributed by atoms with van der Waals surface area (Å²) < 4.78 is 10.7. The molecule has 7 heteroatoms. The highest BCUT2D eigenvalue weighted by molar-refractivity contribution is 6.01. The van der Waals surface area contributed by atoms with E-state index in [1.54, 1.807) is 12.1 Å². The van der Waals surface area contributed by atoms with E-state index < -0.39 is 12.6 Å². The van der Waals surface area contributed by atoms with Crippen molar-refractivity contribution in [1.29, 1.82) is 0 Å². The second-order valence-corrected chi connectivity index (χ2v) is 6.65. The van der Waals surface area contributed by atoms with Gasteiger partial charge in [-0.15, -0.1) is 0 Å². The molecule has 3 rings (SSSR count). The fraction of sp³-hybridized carbons (Fsp3) is 0.333. The fourth-order valence-corrected chi connectivity index (χ4v) is 3.28. The second-order valence-electron chi connectivity index (χ2n) is 6.65. The zero-order chi connectivity index (χ0) is 20.3. The smallest absolute Gasteiger partial charge is 0.341 e. The van der Waals surface area contributed by atoms with Crippen LogP contribution < -0.4 is 14.8 Å². The van der Waals surface area contributed by atoms with Gasteiger partial charge in [-0.25, -0.2) is 4.79 Å². The van der Waals surface area contributed by atoms with E-state index in [1.807, 2.05) is 49.1 Å². The number of ether oxygens (including phenoxy) is 2. The normalized spacial score (nSPS) is 16.8. The third-order valence-corrected chi connectivity index (χ3v) is 4.88. The summed E-state index contributed by atoms with van der Waals surface area (Å²) in [6.07, 6.45) is 0.433. The number of methoxy groups -OCH3 is 1. The van der Waals surface area contributed by atoms with Gasteiger partial charge in [0.2, 0.25) is 0 Å². The number of hydrogen-bond donors (Lipinski definition) is 2. The summed E-state index contributed by atoms with van der Waals surface area (Å²) in [5.74, 6) is -0.341. The molecule has 7 nitrogen and oxygen atoms in total. The minimum Gasteiger partial charge on any atom is -0.493 e. The van der Waals surface area contributed by atoms with Crippen molar-refractivity contribution in [3.05, 3.63) is 53.6 Å². The van der Waals surface area contributed by atoms with E-state index in [0.717, 1.165) is 17.7 Å². The third-order valence-electron chi connectivity index (χ3n) is 4.88. The van der Waals surface area contributed by atoms with Gasteiger partial charge in [0, 0.05) is 11.7 Å². The number of aliphatic carboxylic acids is 1. The van der Waals surface area contributed by atoms with Crippen LogP contribution in [-0.2, 0) is 4.79 Å². The molecule has 0 aliphatic carbocycles. The molecular weight excluding hydrogens is 360 g/mol. The lowest BCUT2D eigenvalue weighted by molar-refractivity contribution is -0.139. The monoisotopic (exact) mass is 384 g/mol. The van der Waals surface area contributed by atoms with Gasteiger partial charge in [0.05, 0.1) is 12.7 Å². The Kier molecular flexibility index (Phi) is 5.73. The van der Waals surface area contributed by atoms with Crippen molar-refractivity contribution in [2.24, 2.45) is 0 Å². The molecule has 28 heavy (non-hydrogen) atoms. The van der Waals surface area contributed by atoms with E-state index in [1.165, 1.54) is 7.11 Å². The molecule has 0 saturated heterocycles. The highest BCUT2D eigenvalue weighted by Crippen LogP contribution is 2.38. The largest absolute Gasteiger partial charge is 0.493 e. The molecule has 1 heterocycles. The molecule has 2 aromatic carbocycles. The summed E-state index contributed by atoms with van der Waals surface area (Å²) in [7, 11) is 1.49. The number of benzene rings is 2. The number of para-hydroxylation sites is 1. The lowest BCUT2D eigenvalue weighted by atomic mass is 10.0. The van der Waals surface area contributed by atoms with Crippen LogP contribution in [0.15, 0.2) is 42.5 Å². The van der Waals surface area contributed by atoms with Crippen molar-refractivity contribution in [1.82, 2.24) is 4.90 Å². The van der Waals surface area contributed by atoms with Gasteiger partial charge < -0.3 is 24.8 Å². The summed E-state index contributed by atoms with van der Waals surface area (Å²) in [6.45, 7) is 3.60. The Morgan fingerprint density at radius 3 is 2.68 bits per heavy atom. The Morgan fingerprint density at radius 2 is 2.00 bits per heavy atom. The molecule has 0 spiro atoms. The van der Waals surface area contributed by atoms with Crippen LogP contribution in [-0.4, -0.2) is 41.6 Å². The number of fused-ring (bicyclic) bond motifs is 1. The van der Waals surface area contributed by atoms with Gasteiger partial charge in [0.25, 0.3) is 5.91 Å². The first-order valence-electron chi connectivity index (χ1n) is 9.17. The standard InChI is InChI=1S/C21H24N2O5/c1-4-13(2)23-20(22-16-8-6-5-7-15(16)21(23)26)14-9-10-17(18(11-14)27-3)28-12-19(24)25/h5-11,13,20,22H,4,12H2,1-3H3,(H,24,25)/t13-,20-/m1/s1. The molecule has 0 fully saturated rings. The number of carbonyl (C=O) groups is 2. The molecular formula is C21H24N2O5. The van der Waals surface area contributed by atoms with Crippen molar-refractivity contribution >= 4 is 17.6 Å². The minimum atomic E-state index is -1.06. The highest BCUT2D eigenvalue weighted by Gasteiger charge is 2.35. The number of carboxylic acid groups (broad SMARTS) is 1. The van der Waals surface area contributed by atoms with E-state index in [2.05, 4.69) is 5.32 Å². The maximum Gasteiger partial charge on any atom is 0.341 e. The highest BCUT2D eigenvalue weighted by atomic mass is 16.5. The first kappa shape index (κ1) is 19.5. The average molecular weight is 384 g/mol. The molecule has 2 N–H and O–H groups in total. The Balaban J connectivity index is 2.00. The van der Waals surface area contributed by atoms with Gasteiger partial charge >= 0.3 is 5.97 Å². The Morgan fingerprint density at radius 1 is 1.25 bits per heavy atom. The molecule has 1 aliphatic heterocycles. The van der Waals surface area contributed by atoms with E-state index in [9.17, 15) is 9.59 Å². The van der Waals surface area contributed by atoms with Crippen molar-refractivity contribution in [3.63, 3.8) is 0 Å². The van der Waals surface area contributed by atoms with Gasteiger partial charge in [-0.3, -0.25) is 4.79 Å². The average Bonchev–Trinajstić information content (AvgIpc) is 2.71. The lowest BCUT2D eigenvalue weighted by Gasteiger charge is -2.41. The topological polar surface area (TPSA) is 88.1 Å². The number of carbonyl (C=O) groups excluding carboxylic acids is 1. The summed E-state index contributed by atoms with van der Waals surface area (Å²) in [5, 5.41) is 12.3. The van der Waals surface area contributed by atoms with Crippen molar-refractivity contribution in [2.75, 3.05) is 19.0 Å². The summed E-state index contributed by atoms with van der Waals surface area (Å²) in [5.41, 5.74) is 2.25. The summed E-state index contributed by atoms with van der Waals surface area (Å²) >= 11 is 0. The van der Waals surface area contributed by atoms with Gasteiger partial charge in [-0.05, 0) is 43.2 Å². The van der Waals surface area contributed by atoms with Crippen LogP contribution in [0.25, 0.3) is 0 Å². The van der Waals surface area contributed by atoms with Crippen LogP contribution in [0.4, 0.5) is 5.69 Å². The SMILES string of the molecule is CC[C@@H](C)N1C(=O)c2ccccc2N[C@H]1c1ccc(OCC(=O)O)c(OC)c1. The lowest BCUT2D eigenvalue weighted by Crippen LogP contribution is -2.47. The van der Waals surface area contributed by atoms with Crippen LogP contribution in [0.5, 0.6) is 11.5 Å². The number of hydrogen-bond acceptors (Lipinski definition) is 5. The zero-order valence-electron chi connectivity index (χ0n) is 16.1. The van der Waals surface area contributed by atoms with Crippen molar-refractivity contribution in [2.45, 2.75) is 32.5 Å². The first-order chi connectivity index (χ1) is 13.5. The quantitative estimate of drug-likeness (QED) is 0.759. The molecule has 0 bridgehead atoms. The molecule has 2 aromatic rings. The van der Waals surface area contributed by atoms with Gasteiger partial charge in [0.1, 0.15) is 6.17 Å².